The molecule has 1 aromatic carbocycles. The third-order valence-electron chi connectivity index (χ3n) is 3.68. The second-order valence-electron chi connectivity index (χ2n) is 5.20. The van der Waals surface area contributed by atoms with Crippen LogP contribution in [0.2, 0.25) is 0 Å². The Bertz CT molecular complexity index is 690. The Hall–Kier alpha value is -1.46. The fourth-order valence-electron chi connectivity index (χ4n) is 2.56. The summed E-state index contributed by atoms with van der Waals surface area (Å²) in [5.74, 6) is 0.0413. The summed E-state index contributed by atoms with van der Waals surface area (Å²) in [5, 5.41) is 1.29. The van der Waals surface area contributed by atoms with Gasteiger partial charge in [-0.2, -0.15) is 0 Å². The molecular weight excluding hydrogens is 312 g/mol. The molecule has 0 aliphatic carbocycles. The summed E-state index contributed by atoms with van der Waals surface area (Å²) in [6, 6.07) is 11.9. The second kappa shape index (κ2) is 6.75. The smallest absolute Gasteiger partial charge is 0.261 e. The van der Waals surface area contributed by atoms with Crippen LogP contribution in [0.5, 0.6) is 0 Å². The molecule has 1 aromatic heterocycles. The number of fused-ring (bicyclic) bond motifs is 1. The first-order chi connectivity index (χ1) is 10.7. The minimum absolute atomic E-state index is 0.0413. The van der Waals surface area contributed by atoms with Crippen LogP contribution in [0.25, 0.3) is 0 Å². The average Bonchev–Trinajstić information content (AvgIpc) is 2.72. The van der Waals surface area contributed by atoms with Gasteiger partial charge in [-0.05, 0) is 36.9 Å². The fraction of sp³-hybridized carbons (Fsp3) is 0.294. The molecule has 1 atom stereocenters. The molecule has 0 radical (unpaired) electrons. The van der Waals surface area contributed by atoms with E-state index in [4.69, 9.17) is 0 Å². The van der Waals surface area contributed by atoms with Crippen molar-refractivity contribution in [3.8, 4) is 0 Å². The van der Waals surface area contributed by atoms with Crippen LogP contribution in [0, 0.1) is 0 Å². The van der Waals surface area contributed by atoms with E-state index in [9.17, 15) is 4.79 Å². The number of amides is 1. The molecule has 1 aliphatic heterocycles. The van der Waals surface area contributed by atoms with Crippen molar-refractivity contribution < 1.29 is 4.79 Å². The van der Waals surface area contributed by atoms with Crippen molar-refractivity contribution in [2.75, 3.05) is 17.7 Å². The van der Waals surface area contributed by atoms with Gasteiger partial charge in [0.25, 0.3) is 5.91 Å². The normalized spacial score (nSPS) is 17.7. The minimum atomic E-state index is 0.0413. The molecule has 2 aromatic rings. The maximum absolute atomic E-state index is 13.1. The van der Waals surface area contributed by atoms with Crippen molar-refractivity contribution in [3.63, 3.8) is 0 Å². The molecule has 0 unspecified atom stereocenters. The summed E-state index contributed by atoms with van der Waals surface area (Å²) in [7, 11) is 0. The van der Waals surface area contributed by atoms with E-state index >= 15 is 0 Å². The summed E-state index contributed by atoms with van der Waals surface area (Å²) in [6.45, 7) is 2.96. The van der Waals surface area contributed by atoms with Crippen molar-refractivity contribution in [1.29, 1.82) is 0 Å². The first-order valence-electron chi connectivity index (χ1n) is 7.27. The quantitative estimate of drug-likeness (QED) is 0.767. The molecule has 114 valence electrons. The van der Waals surface area contributed by atoms with Crippen LogP contribution in [0.15, 0.2) is 52.5 Å². The van der Waals surface area contributed by atoms with Gasteiger partial charge in [0.15, 0.2) is 0 Å². The number of hydrogen-bond donors (Lipinski definition) is 0. The minimum Gasteiger partial charge on any atom is -0.307 e. The molecule has 5 heteroatoms. The Balaban J connectivity index is 2.02. The van der Waals surface area contributed by atoms with E-state index in [1.807, 2.05) is 53.2 Å². The zero-order valence-corrected chi connectivity index (χ0v) is 14.3. The number of aromatic nitrogens is 1. The standard InChI is InChI=1S/C17H18N2OS2/c1-12-9-11-19(14-7-3-4-8-15(14)22-12)17(20)13-6-5-10-18-16(13)21-2/h3-8,10,12H,9,11H2,1-2H3/t12-/m1/s1. The zero-order chi connectivity index (χ0) is 15.5. The molecular formula is C17H18N2OS2. The summed E-state index contributed by atoms with van der Waals surface area (Å²) in [5.41, 5.74) is 1.70. The molecule has 1 amide bonds. The van der Waals surface area contributed by atoms with Crippen LogP contribution in [0.1, 0.15) is 23.7 Å². The van der Waals surface area contributed by atoms with E-state index < -0.39 is 0 Å². The first-order valence-corrected chi connectivity index (χ1v) is 9.37. The van der Waals surface area contributed by atoms with Crippen LogP contribution in [0.4, 0.5) is 5.69 Å². The zero-order valence-electron chi connectivity index (χ0n) is 12.7. The Morgan fingerprint density at radius 2 is 2.14 bits per heavy atom. The average molecular weight is 330 g/mol. The highest BCUT2D eigenvalue weighted by Crippen LogP contribution is 2.38. The lowest BCUT2D eigenvalue weighted by Gasteiger charge is -2.23. The van der Waals surface area contributed by atoms with Crippen LogP contribution >= 0.6 is 23.5 Å². The maximum atomic E-state index is 13.1. The fourth-order valence-corrected chi connectivity index (χ4v) is 4.21. The number of benzene rings is 1. The van der Waals surface area contributed by atoms with Crippen molar-refractivity contribution in [3.05, 3.63) is 48.2 Å². The summed E-state index contributed by atoms with van der Waals surface area (Å²) in [6.07, 6.45) is 4.67. The van der Waals surface area contributed by atoms with Crippen LogP contribution in [0.3, 0.4) is 0 Å². The van der Waals surface area contributed by atoms with Gasteiger partial charge in [0.2, 0.25) is 0 Å². The van der Waals surface area contributed by atoms with Crippen molar-refractivity contribution in [2.24, 2.45) is 0 Å². The van der Waals surface area contributed by atoms with E-state index in [0.717, 1.165) is 23.7 Å². The van der Waals surface area contributed by atoms with Crippen molar-refractivity contribution in [1.82, 2.24) is 4.98 Å². The van der Waals surface area contributed by atoms with Crippen LogP contribution in [-0.4, -0.2) is 28.9 Å². The third-order valence-corrected chi connectivity index (χ3v) is 5.63. The highest BCUT2D eigenvalue weighted by molar-refractivity contribution is 8.00. The number of carbonyl (C=O) groups excluding carboxylic acids is 1. The number of pyridine rings is 1. The number of anilines is 1. The van der Waals surface area contributed by atoms with E-state index in [2.05, 4.69) is 18.0 Å². The predicted octanol–water partition coefficient (Wildman–Crippen LogP) is 4.33. The maximum Gasteiger partial charge on any atom is 0.261 e. The number of rotatable bonds is 2. The third kappa shape index (κ3) is 3.01. The second-order valence-corrected chi connectivity index (χ2v) is 7.48. The van der Waals surface area contributed by atoms with Gasteiger partial charge in [-0.3, -0.25) is 4.79 Å². The highest BCUT2D eigenvalue weighted by Gasteiger charge is 2.26. The molecule has 0 spiro atoms. The number of para-hydroxylation sites is 1. The number of thioether (sulfide) groups is 2. The van der Waals surface area contributed by atoms with Gasteiger partial charge in [-0.1, -0.05) is 19.1 Å². The molecule has 0 fully saturated rings. The van der Waals surface area contributed by atoms with Gasteiger partial charge in [-0.15, -0.1) is 23.5 Å². The van der Waals surface area contributed by atoms with Gasteiger partial charge in [0.05, 0.1) is 11.3 Å². The van der Waals surface area contributed by atoms with Crippen molar-refractivity contribution in [2.45, 2.75) is 28.5 Å². The lowest BCUT2D eigenvalue weighted by molar-refractivity contribution is 0.0983. The summed E-state index contributed by atoms with van der Waals surface area (Å²) in [4.78, 5) is 20.5. The molecule has 0 N–H and O–H groups in total. The Morgan fingerprint density at radius 3 is 2.95 bits per heavy atom. The molecule has 0 saturated carbocycles. The van der Waals surface area contributed by atoms with E-state index in [1.54, 1.807) is 6.20 Å². The molecule has 3 rings (SSSR count). The molecule has 0 bridgehead atoms. The van der Waals surface area contributed by atoms with Gasteiger partial charge < -0.3 is 4.90 Å². The summed E-state index contributed by atoms with van der Waals surface area (Å²) < 4.78 is 0. The van der Waals surface area contributed by atoms with Crippen LogP contribution in [-0.2, 0) is 0 Å². The lowest BCUT2D eigenvalue weighted by atomic mass is 10.2. The van der Waals surface area contributed by atoms with Crippen LogP contribution < -0.4 is 4.90 Å². The Morgan fingerprint density at radius 1 is 1.32 bits per heavy atom. The van der Waals surface area contributed by atoms with E-state index in [0.29, 0.717) is 10.8 Å². The Kier molecular flexibility index (Phi) is 4.74. The van der Waals surface area contributed by atoms with Gasteiger partial charge in [0, 0.05) is 22.9 Å². The molecule has 1 aliphatic rings. The number of carbonyl (C=O) groups is 1. The van der Waals surface area contributed by atoms with E-state index in [-0.39, 0.29) is 5.91 Å². The largest absolute Gasteiger partial charge is 0.307 e. The topological polar surface area (TPSA) is 33.2 Å². The first kappa shape index (κ1) is 15.4. The van der Waals surface area contributed by atoms with Gasteiger partial charge in [-0.25, -0.2) is 4.98 Å². The molecule has 0 saturated heterocycles. The van der Waals surface area contributed by atoms with Crippen molar-refractivity contribution >= 4 is 35.1 Å². The van der Waals surface area contributed by atoms with E-state index in [1.165, 1.54) is 16.7 Å². The lowest BCUT2D eigenvalue weighted by Crippen LogP contribution is -2.32. The number of nitrogens with zero attached hydrogens (tertiary/aromatic N) is 2. The highest BCUT2D eigenvalue weighted by atomic mass is 32.2. The SMILES string of the molecule is CSc1ncccc1C(=O)N1CC[C@@H](C)Sc2ccccc21. The molecule has 22 heavy (non-hydrogen) atoms. The Labute approximate surface area is 139 Å². The predicted molar refractivity (Wildman–Crippen MR) is 94.1 cm³/mol. The number of hydrogen-bond acceptors (Lipinski definition) is 4. The molecule has 3 nitrogen and oxygen atoms in total. The monoisotopic (exact) mass is 330 g/mol. The summed E-state index contributed by atoms with van der Waals surface area (Å²) >= 11 is 3.36. The van der Waals surface area contributed by atoms with Gasteiger partial charge in [0.1, 0.15) is 5.03 Å². The molecule has 2 heterocycles. The van der Waals surface area contributed by atoms with Gasteiger partial charge >= 0.3 is 0 Å².